The number of hydrogen-bond acceptors (Lipinski definition) is 4. The largest absolute Gasteiger partial charge is 0.497 e. The molecule has 0 radical (unpaired) electrons. The number of benzene rings is 2. The topological polar surface area (TPSA) is 58.6 Å². The number of nitrogens with one attached hydrogen (secondary N) is 1. The van der Waals surface area contributed by atoms with E-state index in [2.05, 4.69) is 5.43 Å². The van der Waals surface area contributed by atoms with Crippen molar-refractivity contribution in [3.8, 4) is 5.75 Å². The summed E-state index contributed by atoms with van der Waals surface area (Å²) in [6, 6.07) is 14.0. The monoisotopic (exact) mass is 376 g/mol. The average Bonchev–Trinajstić information content (AvgIpc) is 2.90. The summed E-state index contributed by atoms with van der Waals surface area (Å²) < 4.78 is 5.17. The van der Waals surface area contributed by atoms with E-state index in [-0.39, 0.29) is 22.4 Å². The minimum absolute atomic E-state index is 0.131. The summed E-state index contributed by atoms with van der Waals surface area (Å²) in [6.07, 6.45) is 0. The molecule has 2 unspecified atom stereocenters. The molecule has 2 amide bonds. The van der Waals surface area contributed by atoms with Gasteiger partial charge in [0.1, 0.15) is 11.1 Å². The summed E-state index contributed by atoms with van der Waals surface area (Å²) in [6.45, 7) is 1.83. The van der Waals surface area contributed by atoms with Gasteiger partial charge in [-0.25, -0.2) is 5.01 Å². The SMILES string of the molecule is COc1ccc(C2SC(C)C(=O)N2NC(=O)c2ccc(Cl)cc2)cc1. The number of hydrazine groups is 1. The van der Waals surface area contributed by atoms with Gasteiger partial charge in [-0.15, -0.1) is 11.8 Å². The number of methoxy groups -OCH3 is 1. The highest BCUT2D eigenvalue weighted by Gasteiger charge is 2.39. The van der Waals surface area contributed by atoms with Gasteiger partial charge in [0.05, 0.1) is 12.4 Å². The van der Waals surface area contributed by atoms with Crippen molar-refractivity contribution < 1.29 is 14.3 Å². The van der Waals surface area contributed by atoms with E-state index in [1.165, 1.54) is 16.8 Å². The van der Waals surface area contributed by atoms with Crippen LogP contribution in [-0.4, -0.2) is 29.2 Å². The Labute approximate surface area is 155 Å². The van der Waals surface area contributed by atoms with Gasteiger partial charge >= 0.3 is 0 Å². The lowest BCUT2D eigenvalue weighted by Crippen LogP contribution is -2.45. The van der Waals surface area contributed by atoms with Crippen molar-refractivity contribution >= 4 is 35.2 Å². The molecule has 5 nitrogen and oxygen atoms in total. The molecule has 2 aromatic rings. The number of rotatable bonds is 4. The average molecular weight is 377 g/mol. The Hall–Kier alpha value is -2.18. The van der Waals surface area contributed by atoms with Gasteiger partial charge in [0.2, 0.25) is 0 Å². The molecule has 0 spiro atoms. The number of ether oxygens (including phenoxy) is 1. The molecule has 0 aliphatic carbocycles. The first-order valence-electron chi connectivity index (χ1n) is 7.68. The van der Waals surface area contributed by atoms with Gasteiger partial charge in [0, 0.05) is 10.6 Å². The number of amides is 2. The fourth-order valence-corrected chi connectivity index (χ4v) is 3.84. The maximum Gasteiger partial charge on any atom is 0.269 e. The minimum atomic E-state index is -0.349. The van der Waals surface area contributed by atoms with Gasteiger partial charge in [-0.05, 0) is 48.9 Å². The fraction of sp³-hybridized carbons (Fsp3) is 0.222. The summed E-state index contributed by atoms with van der Waals surface area (Å²) in [5.74, 6) is 0.259. The van der Waals surface area contributed by atoms with E-state index in [0.717, 1.165) is 11.3 Å². The number of carbonyl (C=O) groups is 2. The molecule has 25 heavy (non-hydrogen) atoms. The van der Waals surface area contributed by atoms with E-state index in [4.69, 9.17) is 16.3 Å². The summed E-state index contributed by atoms with van der Waals surface area (Å²) in [4.78, 5) is 24.9. The summed E-state index contributed by atoms with van der Waals surface area (Å²) in [5, 5.41) is 1.42. The molecule has 7 heteroatoms. The van der Waals surface area contributed by atoms with E-state index in [1.54, 1.807) is 31.4 Å². The van der Waals surface area contributed by atoms with Crippen LogP contribution in [0.15, 0.2) is 48.5 Å². The number of halogens is 1. The van der Waals surface area contributed by atoms with Crippen LogP contribution in [0.25, 0.3) is 0 Å². The van der Waals surface area contributed by atoms with Crippen LogP contribution in [0, 0.1) is 0 Å². The molecule has 1 aliphatic heterocycles. The first kappa shape index (κ1) is 17.6. The lowest BCUT2D eigenvalue weighted by atomic mass is 10.2. The number of nitrogens with zero attached hydrogens (tertiary/aromatic N) is 1. The van der Waals surface area contributed by atoms with Crippen molar-refractivity contribution in [2.24, 2.45) is 0 Å². The standard InChI is InChI=1S/C18H17ClN2O3S/c1-11-17(23)21(20-16(22)12-3-7-14(19)8-4-12)18(25-11)13-5-9-15(24-2)10-6-13/h3-11,18H,1-2H3,(H,20,22). The maximum absolute atomic E-state index is 12.5. The van der Waals surface area contributed by atoms with Gasteiger partial charge in [0.15, 0.2) is 0 Å². The van der Waals surface area contributed by atoms with Crippen LogP contribution in [-0.2, 0) is 4.79 Å². The Kier molecular flexibility index (Phi) is 5.20. The summed E-state index contributed by atoms with van der Waals surface area (Å²) in [5.41, 5.74) is 4.08. The zero-order chi connectivity index (χ0) is 18.0. The third-order valence-corrected chi connectivity index (χ3v) is 5.48. The first-order valence-corrected chi connectivity index (χ1v) is 9.00. The third kappa shape index (κ3) is 3.75. The second-order valence-electron chi connectivity index (χ2n) is 5.56. The molecule has 2 aromatic carbocycles. The van der Waals surface area contributed by atoms with E-state index in [0.29, 0.717) is 10.6 Å². The molecule has 1 heterocycles. The summed E-state index contributed by atoms with van der Waals surface area (Å²) >= 11 is 7.33. The lowest BCUT2D eigenvalue weighted by molar-refractivity contribution is -0.132. The molecule has 1 aliphatic rings. The van der Waals surface area contributed by atoms with Gasteiger partial charge in [-0.3, -0.25) is 15.0 Å². The predicted octanol–water partition coefficient (Wildman–Crippen LogP) is 3.66. The Balaban J connectivity index is 1.81. The molecule has 0 aromatic heterocycles. The molecule has 1 saturated heterocycles. The third-order valence-electron chi connectivity index (χ3n) is 3.88. The minimum Gasteiger partial charge on any atom is -0.497 e. The zero-order valence-electron chi connectivity index (χ0n) is 13.7. The highest BCUT2D eigenvalue weighted by atomic mass is 35.5. The lowest BCUT2D eigenvalue weighted by Gasteiger charge is -2.24. The van der Waals surface area contributed by atoms with Gasteiger partial charge in [-0.1, -0.05) is 23.7 Å². The molecule has 2 atom stereocenters. The van der Waals surface area contributed by atoms with E-state index < -0.39 is 0 Å². The van der Waals surface area contributed by atoms with Gasteiger partial charge in [-0.2, -0.15) is 0 Å². The van der Waals surface area contributed by atoms with Crippen molar-refractivity contribution in [3.63, 3.8) is 0 Å². The van der Waals surface area contributed by atoms with Crippen LogP contribution in [0.2, 0.25) is 5.02 Å². The van der Waals surface area contributed by atoms with Crippen LogP contribution >= 0.6 is 23.4 Å². The maximum atomic E-state index is 12.5. The number of hydrogen-bond donors (Lipinski definition) is 1. The van der Waals surface area contributed by atoms with E-state index in [1.807, 2.05) is 31.2 Å². The Bertz CT molecular complexity index is 780. The van der Waals surface area contributed by atoms with E-state index >= 15 is 0 Å². The van der Waals surface area contributed by atoms with Crippen LogP contribution in [0.5, 0.6) is 5.75 Å². The Morgan fingerprint density at radius 3 is 2.40 bits per heavy atom. The summed E-state index contributed by atoms with van der Waals surface area (Å²) in [7, 11) is 1.60. The van der Waals surface area contributed by atoms with Crippen molar-refractivity contribution in [1.82, 2.24) is 10.4 Å². The first-order chi connectivity index (χ1) is 12.0. The van der Waals surface area contributed by atoms with Gasteiger partial charge < -0.3 is 4.74 Å². The molecule has 0 bridgehead atoms. The molecule has 1 N–H and O–H groups in total. The van der Waals surface area contributed by atoms with Crippen LogP contribution in [0.4, 0.5) is 0 Å². The second kappa shape index (κ2) is 7.37. The van der Waals surface area contributed by atoms with Crippen LogP contribution < -0.4 is 10.2 Å². The Morgan fingerprint density at radius 2 is 1.80 bits per heavy atom. The predicted molar refractivity (Wildman–Crippen MR) is 98.6 cm³/mol. The second-order valence-corrected chi connectivity index (χ2v) is 7.42. The van der Waals surface area contributed by atoms with Crippen molar-refractivity contribution in [1.29, 1.82) is 0 Å². The van der Waals surface area contributed by atoms with Crippen molar-refractivity contribution in [2.75, 3.05) is 7.11 Å². The molecular weight excluding hydrogens is 360 g/mol. The highest BCUT2D eigenvalue weighted by Crippen LogP contribution is 2.42. The number of thioether (sulfide) groups is 1. The van der Waals surface area contributed by atoms with Crippen LogP contribution in [0.1, 0.15) is 28.2 Å². The normalized spacial score (nSPS) is 19.8. The molecule has 1 fully saturated rings. The number of carbonyl (C=O) groups excluding carboxylic acids is 2. The zero-order valence-corrected chi connectivity index (χ0v) is 15.3. The smallest absolute Gasteiger partial charge is 0.269 e. The van der Waals surface area contributed by atoms with E-state index in [9.17, 15) is 9.59 Å². The van der Waals surface area contributed by atoms with Gasteiger partial charge in [0.25, 0.3) is 11.8 Å². The van der Waals surface area contributed by atoms with Crippen molar-refractivity contribution in [2.45, 2.75) is 17.5 Å². The van der Waals surface area contributed by atoms with Crippen LogP contribution in [0.3, 0.4) is 0 Å². The quantitative estimate of drug-likeness (QED) is 0.884. The Morgan fingerprint density at radius 1 is 1.16 bits per heavy atom. The fourth-order valence-electron chi connectivity index (χ4n) is 2.51. The molecule has 0 saturated carbocycles. The van der Waals surface area contributed by atoms with Crippen molar-refractivity contribution in [3.05, 3.63) is 64.7 Å². The molecular formula is C18H17ClN2O3S. The molecule has 130 valence electrons. The highest BCUT2D eigenvalue weighted by molar-refractivity contribution is 8.01. The molecule has 3 rings (SSSR count).